The third-order valence-electron chi connectivity index (χ3n) is 3.24. The second-order valence-corrected chi connectivity index (χ2v) is 4.66. The molecular weight excluding hydrogens is 248 g/mol. The van der Waals surface area contributed by atoms with Crippen molar-refractivity contribution < 1.29 is 4.74 Å². The van der Waals surface area contributed by atoms with Gasteiger partial charge in [0.25, 0.3) is 0 Å². The summed E-state index contributed by atoms with van der Waals surface area (Å²) in [4.78, 5) is 4.37. The van der Waals surface area contributed by atoms with E-state index >= 15 is 0 Å². The van der Waals surface area contributed by atoms with E-state index in [9.17, 15) is 0 Å². The van der Waals surface area contributed by atoms with Gasteiger partial charge in [0.1, 0.15) is 17.9 Å². The molecule has 0 amide bonds. The molecule has 2 N–H and O–H groups in total. The van der Waals surface area contributed by atoms with Crippen molar-refractivity contribution in [3.63, 3.8) is 0 Å². The molecule has 100 valence electrons. The fourth-order valence-corrected chi connectivity index (χ4v) is 2.17. The first-order chi connectivity index (χ1) is 9.84. The highest BCUT2D eigenvalue weighted by Crippen LogP contribution is 2.23. The maximum absolute atomic E-state index is 6.14. The summed E-state index contributed by atoms with van der Waals surface area (Å²) in [6, 6.07) is 19.7. The van der Waals surface area contributed by atoms with Crippen molar-refractivity contribution >= 4 is 10.9 Å². The van der Waals surface area contributed by atoms with E-state index in [1.807, 2.05) is 60.7 Å². The number of fused-ring (bicyclic) bond motifs is 1. The summed E-state index contributed by atoms with van der Waals surface area (Å²) in [5.41, 5.74) is 8.08. The van der Waals surface area contributed by atoms with Crippen molar-refractivity contribution in [1.29, 1.82) is 0 Å². The third-order valence-corrected chi connectivity index (χ3v) is 3.24. The molecule has 1 heterocycles. The molecule has 0 aliphatic carbocycles. The van der Waals surface area contributed by atoms with Gasteiger partial charge in [-0.25, -0.2) is 0 Å². The lowest BCUT2D eigenvalue weighted by Gasteiger charge is -2.14. The van der Waals surface area contributed by atoms with Gasteiger partial charge in [-0.15, -0.1) is 0 Å². The Balaban J connectivity index is 1.77. The van der Waals surface area contributed by atoms with Crippen molar-refractivity contribution in [2.24, 2.45) is 5.73 Å². The molecule has 0 bridgehead atoms. The summed E-state index contributed by atoms with van der Waals surface area (Å²) in [6.45, 7) is 0.430. The quantitative estimate of drug-likeness (QED) is 0.786. The van der Waals surface area contributed by atoms with Crippen LogP contribution in [0.15, 0.2) is 66.9 Å². The van der Waals surface area contributed by atoms with E-state index in [0.717, 1.165) is 22.2 Å². The number of para-hydroxylation sites is 1. The number of ether oxygens (including phenoxy) is 1. The molecule has 3 aromatic rings. The number of aromatic nitrogens is 1. The number of benzene rings is 2. The van der Waals surface area contributed by atoms with Crippen LogP contribution in [-0.2, 0) is 0 Å². The van der Waals surface area contributed by atoms with Crippen molar-refractivity contribution in [1.82, 2.24) is 4.98 Å². The fraction of sp³-hybridized carbons (Fsp3) is 0.118. The minimum atomic E-state index is -0.143. The summed E-state index contributed by atoms with van der Waals surface area (Å²) >= 11 is 0. The zero-order valence-electron chi connectivity index (χ0n) is 11.1. The SMILES string of the molecule is NC(COc1cccc2cccnc12)c1ccccc1. The third kappa shape index (κ3) is 2.63. The molecule has 3 nitrogen and oxygen atoms in total. The molecule has 3 heteroatoms. The van der Waals surface area contributed by atoms with E-state index in [4.69, 9.17) is 10.5 Å². The van der Waals surface area contributed by atoms with Gasteiger partial charge in [-0.05, 0) is 17.7 Å². The van der Waals surface area contributed by atoms with Crippen LogP contribution in [-0.4, -0.2) is 11.6 Å². The van der Waals surface area contributed by atoms with Crippen molar-refractivity contribution in [2.45, 2.75) is 6.04 Å². The number of nitrogens with two attached hydrogens (primary N) is 1. The van der Waals surface area contributed by atoms with Gasteiger partial charge in [-0.3, -0.25) is 4.98 Å². The van der Waals surface area contributed by atoms with E-state index in [0.29, 0.717) is 6.61 Å². The predicted octanol–water partition coefficient (Wildman–Crippen LogP) is 3.31. The van der Waals surface area contributed by atoms with Crippen LogP contribution < -0.4 is 10.5 Å². The molecule has 1 unspecified atom stereocenters. The molecule has 20 heavy (non-hydrogen) atoms. The lowest BCUT2D eigenvalue weighted by molar-refractivity contribution is 0.293. The fourth-order valence-electron chi connectivity index (χ4n) is 2.17. The minimum absolute atomic E-state index is 0.143. The Morgan fingerprint density at radius 1 is 0.950 bits per heavy atom. The average Bonchev–Trinajstić information content (AvgIpc) is 2.53. The monoisotopic (exact) mass is 264 g/mol. The average molecular weight is 264 g/mol. The molecule has 0 radical (unpaired) electrons. The van der Waals surface area contributed by atoms with Gasteiger partial charge in [0.15, 0.2) is 0 Å². The standard InChI is InChI=1S/C17H16N2O/c18-15(13-6-2-1-3-7-13)12-20-16-10-4-8-14-9-5-11-19-17(14)16/h1-11,15H,12,18H2. The largest absolute Gasteiger partial charge is 0.489 e. The topological polar surface area (TPSA) is 48.1 Å². The summed E-state index contributed by atoms with van der Waals surface area (Å²) in [5, 5.41) is 1.07. The predicted molar refractivity (Wildman–Crippen MR) is 80.6 cm³/mol. The normalized spacial score (nSPS) is 12.2. The van der Waals surface area contributed by atoms with Crippen molar-refractivity contribution in [3.05, 3.63) is 72.4 Å². The van der Waals surface area contributed by atoms with E-state index in [-0.39, 0.29) is 6.04 Å². The molecule has 2 aromatic carbocycles. The van der Waals surface area contributed by atoms with Crippen LogP contribution in [0.1, 0.15) is 11.6 Å². The Bertz CT molecular complexity index is 692. The van der Waals surface area contributed by atoms with Crippen LogP contribution in [0.5, 0.6) is 5.75 Å². The van der Waals surface area contributed by atoms with Gasteiger partial charge in [0, 0.05) is 11.6 Å². The zero-order chi connectivity index (χ0) is 13.8. The Labute approximate surface area is 118 Å². The Kier molecular flexibility index (Phi) is 3.61. The van der Waals surface area contributed by atoms with Crippen molar-refractivity contribution in [2.75, 3.05) is 6.61 Å². The highest BCUT2D eigenvalue weighted by molar-refractivity contribution is 5.84. The highest BCUT2D eigenvalue weighted by atomic mass is 16.5. The van der Waals surface area contributed by atoms with Gasteiger partial charge in [-0.2, -0.15) is 0 Å². The van der Waals surface area contributed by atoms with Crippen molar-refractivity contribution in [3.8, 4) is 5.75 Å². The maximum Gasteiger partial charge on any atom is 0.145 e. The number of nitrogens with zero attached hydrogens (tertiary/aromatic N) is 1. The first-order valence-corrected chi connectivity index (χ1v) is 6.61. The van der Waals surface area contributed by atoms with E-state index < -0.39 is 0 Å². The number of rotatable bonds is 4. The van der Waals surface area contributed by atoms with Crippen LogP contribution in [0, 0.1) is 0 Å². The van der Waals surface area contributed by atoms with Gasteiger partial charge in [-0.1, -0.05) is 48.5 Å². The first-order valence-electron chi connectivity index (χ1n) is 6.61. The van der Waals surface area contributed by atoms with Crippen LogP contribution in [0.3, 0.4) is 0 Å². The summed E-state index contributed by atoms with van der Waals surface area (Å²) in [5.74, 6) is 0.773. The summed E-state index contributed by atoms with van der Waals surface area (Å²) in [6.07, 6.45) is 1.77. The minimum Gasteiger partial charge on any atom is -0.489 e. The van der Waals surface area contributed by atoms with E-state index in [2.05, 4.69) is 4.98 Å². The number of pyridine rings is 1. The molecule has 0 fully saturated rings. The van der Waals surface area contributed by atoms with Crippen LogP contribution in [0.25, 0.3) is 10.9 Å². The Morgan fingerprint density at radius 3 is 2.60 bits per heavy atom. The van der Waals surface area contributed by atoms with Crippen LogP contribution in [0.4, 0.5) is 0 Å². The van der Waals surface area contributed by atoms with Gasteiger partial charge in [0.05, 0.1) is 6.04 Å². The van der Waals surface area contributed by atoms with Gasteiger partial charge < -0.3 is 10.5 Å². The molecule has 0 saturated heterocycles. The van der Waals surface area contributed by atoms with Crippen LogP contribution >= 0.6 is 0 Å². The van der Waals surface area contributed by atoms with E-state index in [1.54, 1.807) is 6.20 Å². The summed E-state index contributed by atoms with van der Waals surface area (Å²) in [7, 11) is 0. The molecule has 3 rings (SSSR count). The molecule has 0 aliphatic heterocycles. The second-order valence-electron chi connectivity index (χ2n) is 4.66. The maximum atomic E-state index is 6.14. The van der Waals surface area contributed by atoms with Gasteiger partial charge >= 0.3 is 0 Å². The van der Waals surface area contributed by atoms with Gasteiger partial charge in [0.2, 0.25) is 0 Å². The van der Waals surface area contributed by atoms with E-state index in [1.165, 1.54) is 0 Å². The Hall–Kier alpha value is -2.39. The number of hydrogen-bond donors (Lipinski definition) is 1. The highest BCUT2D eigenvalue weighted by Gasteiger charge is 2.08. The molecule has 1 aromatic heterocycles. The first kappa shape index (κ1) is 12.6. The summed E-state index contributed by atoms with van der Waals surface area (Å²) < 4.78 is 5.85. The molecule has 0 saturated carbocycles. The second kappa shape index (κ2) is 5.72. The van der Waals surface area contributed by atoms with Crippen LogP contribution in [0.2, 0.25) is 0 Å². The zero-order valence-corrected chi connectivity index (χ0v) is 11.1. The lowest BCUT2D eigenvalue weighted by Crippen LogP contribution is -2.19. The Morgan fingerprint density at radius 2 is 1.75 bits per heavy atom. The number of hydrogen-bond acceptors (Lipinski definition) is 3. The lowest BCUT2D eigenvalue weighted by atomic mass is 10.1. The molecule has 0 aliphatic rings. The smallest absolute Gasteiger partial charge is 0.145 e. The molecule has 1 atom stereocenters. The molecule has 0 spiro atoms. The molecular formula is C17H16N2O.